The minimum atomic E-state index is -0.580. The van der Waals surface area contributed by atoms with Crippen LogP contribution in [0.1, 0.15) is 57.3 Å². The third-order valence-corrected chi connectivity index (χ3v) is 4.27. The molecule has 1 aliphatic rings. The Labute approximate surface area is 132 Å². The molecule has 1 saturated heterocycles. The molecule has 5 heteroatoms. The van der Waals surface area contributed by atoms with Crippen LogP contribution in [-0.2, 0) is 9.53 Å². The van der Waals surface area contributed by atoms with E-state index in [1.807, 2.05) is 13.0 Å². The Morgan fingerprint density at radius 3 is 3.09 bits per heavy atom. The second-order valence-electron chi connectivity index (χ2n) is 5.86. The number of likely N-dealkylation sites (tertiary alicyclic amines) is 1. The highest BCUT2D eigenvalue weighted by Gasteiger charge is 2.25. The van der Waals surface area contributed by atoms with Gasteiger partial charge in [-0.05, 0) is 44.9 Å². The summed E-state index contributed by atoms with van der Waals surface area (Å²) in [7, 11) is 0. The van der Waals surface area contributed by atoms with E-state index in [9.17, 15) is 9.90 Å². The molecule has 0 spiro atoms. The van der Waals surface area contributed by atoms with E-state index in [1.54, 1.807) is 12.3 Å². The number of carbonyl (C=O) groups excluding carboxylic acids is 1. The largest absolute Gasteiger partial charge is 0.467 e. The number of hydrogen-bond donors (Lipinski definition) is 1. The maximum Gasteiger partial charge on any atom is 0.307 e. The molecule has 0 aliphatic carbocycles. The molecule has 0 saturated carbocycles. The Morgan fingerprint density at radius 2 is 2.36 bits per heavy atom. The van der Waals surface area contributed by atoms with Crippen molar-refractivity contribution in [1.82, 2.24) is 4.90 Å². The molecule has 0 amide bonds. The van der Waals surface area contributed by atoms with E-state index in [-0.39, 0.29) is 12.0 Å². The van der Waals surface area contributed by atoms with Crippen LogP contribution in [0.25, 0.3) is 0 Å². The molecular weight excluding hydrogens is 282 g/mol. The molecule has 5 nitrogen and oxygen atoms in total. The average molecular weight is 309 g/mol. The predicted molar refractivity (Wildman–Crippen MR) is 83.4 cm³/mol. The van der Waals surface area contributed by atoms with Gasteiger partial charge in [0.2, 0.25) is 0 Å². The predicted octanol–water partition coefficient (Wildman–Crippen LogP) is 2.90. The third-order valence-electron chi connectivity index (χ3n) is 4.27. The van der Waals surface area contributed by atoms with Crippen molar-refractivity contribution < 1.29 is 19.1 Å². The minimum Gasteiger partial charge on any atom is -0.467 e. The zero-order chi connectivity index (χ0) is 15.8. The van der Waals surface area contributed by atoms with Crippen LogP contribution in [0.3, 0.4) is 0 Å². The van der Waals surface area contributed by atoms with Gasteiger partial charge in [0.15, 0.2) is 0 Å². The molecular formula is C17H27NO4. The quantitative estimate of drug-likeness (QED) is 0.785. The van der Waals surface area contributed by atoms with Gasteiger partial charge < -0.3 is 14.3 Å². The molecule has 1 aromatic heterocycles. The first kappa shape index (κ1) is 17.0. The van der Waals surface area contributed by atoms with Crippen LogP contribution in [0.4, 0.5) is 0 Å². The standard InChI is InChI=1S/C17H27NO4/c1-2-21-17(20)9-11-18-10-5-3-4-7-14(18)13-15(19)16-8-6-12-22-16/h6,8,12,14-15,19H,2-5,7,9-11,13H2,1H3. The topological polar surface area (TPSA) is 62.9 Å². The summed E-state index contributed by atoms with van der Waals surface area (Å²) in [5, 5.41) is 10.3. The molecule has 2 atom stereocenters. The lowest BCUT2D eigenvalue weighted by Gasteiger charge is -2.30. The summed E-state index contributed by atoms with van der Waals surface area (Å²) >= 11 is 0. The summed E-state index contributed by atoms with van der Waals surface area (Å²) in [6.07, 6.45) is 6.66. The number of furan rings is 1. The lowest BCUT2D eigenvalue weighted by Crippen LogP contribution is -2.37. The fraction of sp³-hybridized carbons (Fsp3) is 0.706. The highest BCUT2D eigenvalue weighted by molar-refractivity contribution is 5.69. The van der Waals surface area contributed by atoms with Crippen molar-refractivity contribution in [2.45, 2.75) is 57.6 Å². The van der Waals surface area contributed by atoms with Gasteiger partial charge in [0.25, 0.3) is 0 Å². The molecule has 2 rings (SSSR count). The normalized spacial score (nSPS) is 21.3. The first-order chi connectivity index (χ1) is 10.7. The minimum absolute atomic E-state index is 0.142. The van der Waals surface area contributed by atoms with Crippen LogP contribution in [0, 0.1) is 0 Å². The summed E-state index contributed by atoms with van der Waals surface area (Å²) in [5.74, 6) is 0.478. The summed E-state index contributed by atoms with van der Waals surface area (Å²) in [6.45, 7) is 3.94. The first-order valence-corrected chi connectivity index (χ1v) is 8.32. The van der Waals surface area contributed by atoms with Crippen molar-refractivity contribution in [3.05, 3.63) is 24.2 Å². The van der Waals surface area contributed by atoms with Crippen LogP contribution >= 0.6 is 0 Å². The highest BCUT2D eigenvalue weighted by atomic mass is 16.5. The number of aliphatic hydroxyl groups excluding tert-OH is 1. The molecule has 1 N–H and O–H groups in total. The lowest BCUT2D eigenvalue weighted by molar-refractivity contribution is -0.143. The van der Waals surface area contributed by atoms with Gasteiger partial charge in [0.1, 0.15) is 11.9 Å². The number of carbonyl (C=O) groups is 1. The van der Waals surface area contributed by atoms with Crippen molar-refractivity contribution in [2.24, 2.45) is 0 Å². The molecule has 124 valence electrons. The molecule has 22 heavy (non-hydrogen) atoms. The number of hydrogen-bond acceptors (Lipinski definition) is 5. The van der Waals surface area contributed by atoms with E-state index in [2.05, 4.69) is 4.90 Å². The second-order valence-corrected chi connectivity index (χ2v) is 5.86. The highest BCUT2D eigenvalue weighted by Crippen LogP contribution is 2.26. The van der Waals surface area contributed by atoms with Gasteiger partial charge in [-0.3, -0.25) is 9.69 Å². The number of esters is 1. The number of rotatable bonds is 7. The number of nitrogens with zero attached hydrogens (tertiary/aromatic N) is 1. The lowest BCUT2D eigenvalue weighted by atomic mass is 10.0. The van der Waals surface area contributed by atoms with Crippen molar-refractivity contribution >= 4 is 5.97 Å². The third kappa shape index (κ3) is 5.14. The van der Waals surface area contributed by atoms with Crippen molar-refractivity contribution in [3.63, 3.8) is 0 Å². The number of aliphatic hydroxyl groups is 1. The maximum absolute atomic E-state index is 11.6. The Balaban J connectivity index is 1.90. The van der Waals surface area contributed by atoms with E-state index in [1.165, 1.54) is 12.8 Å². The average Bonchev–Trinajstić information content (AvgIpc) is 2.95. The first-order valence-electron chi connectivity index (χ1n) is 8.32. The van der Waals surface area contributed by atoms with E-state index < -0.39 is 6.10 Å². The van der Waals surface area contributed by atoms with E-state index >= 15 is 0 Å². The zero-order valence-electron chi connectivity index (χ0n) is 13.4. The molecule has 1 aromatic rings. The Bertz CT molecular complexity index is 432. The molecule has 1 aliphatic heterocycles. The van der Waals surface area contributed by atoms with Crippen LogP contribution < -0.4 is 0 Å². The van der Waals surface area contributed by atoms with Gasteiger partial charge >= 0.3 is 5.97 Å². The van der Waals surface area contributed by atoms with Crippen LogP contribution in [0.2, 0.25) is 0 Å². The van der Waals surface area contributed by atoms with Gasteiger partial charge in [0, 0.05) is 12.6 Å². The van der Waals surface area contributed by atoms with Gasteiger partial charge in [0.05, 0.1) is 19.3 Å². The smallest absolute Gasteiger partial charge is 0.307 e. The fourth-order valence-electron chi connectivity index (χ4n) is 3.12. The summed E-state index contributed by atoms with van der Waals surface area (Å²) in [4.78, 5) is 13.9. The van der Waals surface area contributed by atoms with E-state index in [0.29, 0.717) is 31.8 Å². The van der Waals surface area contributed by atoms with E-state index in [0.717, 1.165) is 19.4 Å². The van der Waals surface area contributed by atoms with Crippen molar-refractivity contribution in [3.8, 4) is 0 Å². The maximum atomic E-state index is 11.6. The Morgan fingerprint density at radius 1 is 1.50 bits per heavy atom. The van der Waals surface area contributed by atoms with Crippen molar-refractivity contribution in [2.75, 3.05) is 19.7 Å². The Hall–Kier alpha value is -1.33. The number of ether oxygens (including phenoxy) is 1. The zero-order valence-corrected chi connectivity index (χ0v) is 13.4. The van der Waals surface area contributed by atoms with E-state index in [4.69, 9.17) is 9.15 Å². The van der Waals surface area contributed by atoms with Gasteiger partial charge in [-0.15, -0.1) is 0 Å². The summed E-state index contributed by atoms with van der Waals surface area (Å²) in [6, 6.07) is 3.89. The van der Waals surface area contributed by atoms with Gasteiger partial charge in [-0.2, -0.15) is 0 Å². The molecule has 0 radical (unpaired) electrons. The summed E-state index contributed by atoms with van der Waals surface area (Å²) < 4.78 is 10.3. The van der Waals surface area contributed by atoms with Crippen LogP contribution in [-0.4, -0.2) is 41.7 Å². The van der Waals surface area contributed by atoms with Crippen molar-refractivity contribution in [1.29, 1.82) is 0 Å². The van der Waals surface area contributed by atoms with Crippen LogP contribution in [0.15, 0.2) is 22.8 Å². The molecule has 1 fully saturated rings. The van der Waals surface area contributed by atoms with Gasteiger partial charge in [-0.25, -0.2) is 0 Å². The molecule has 0 bridgehead atoms. The molecule has 2 heterocycles. The van der Waals surface area contributed by atoms with Gasteiger partial charge in [-0.1, -0.05) is 12.8 Å². The van der Waals surface area contributed by atoms with Crippen LogP contribution in [0.5, 0.6) is 0 Å². The summed E-state index contributed by atoms with van der Waals surface area (Å²) in [5.41, 5.74) is 0. The SMILES string of the molecule is CCOC(=O)CCN1CCCCCC1CC(O)c1ccco1. The fourth-order valence-corrected chi connectivity index (χ4v) is 3.12. The molecule has 2 unspecified atom stereocenters. The Kier molecular flexibility index (Phi) is 6.93. The second kappa shape index (κ2) is 8.96. The molecule has 0 aromatic carbocycles. The monoisotopic (exact) mass is 309 g/mol.